The first-order valence-corrected chi connectivity index (χ1v) is 10.5. The number of carbonyl (C=O) groups excluding carboxylic acids is 1. The van der Waals surface area contributed by atoms with E-state index in [-0.39, 0.29) is 5.91 Å². The monoisotopic (exact) mass is 386 g/mol. The summed E-state index contributed by atoms with van der Waals surface area (Å²) >= 11 is 1.49. The van der Waals surface area contributed by atoms with E-state index in [1.807, 2.05) is 30.3 Å². The number of nitrogens with zero attached hydrogens (tertiary/aromatic N) is 3. The SMILES string of the molecule is O=C(NCc1ccccc1)c1cnc(N2CCC(N3CCOCC3)CC2)s1. The first kappa shape index (κ1) is 18.4. The van der Waals surface area contributed by atoms with Crippen molar-refractivity contribution < 1.29 is 9.53 Å². The van der Waals surface area contributed by atoms with Gasteiger partial charge < -0.3 is 15.0 Å². The second-order valence-electron chi connectivity index (χ2n) is 7.04. The molecule has 1 aromatic carbocycles. The maximum absolute atomic E-state index is 12.4. The normalized spacial score (nSPS) is 19.2. The van der Waals surface area contributed by atoms with Gasteiger partial charge in [-0.25, -0.2) is 4.98 Å². The van der Waals surface area contributed by atoms with Crippen LogP contribution in [0.1, 0.15) is 28.1 Å². The molecule has 6 nitrogen and oxygen atoms in total. The molecule has 0 aliphatic carbocycles. The third-order valence-electron chi connectivity index (χ3n) is 5.31. The van der Waals surface area contributed by atoms with E-state index in [4.69, 9.17) is 4.74 Å². The number of anilines is 1. The number of benzene rings is 1. The molecule has 2 saturated heterocycles. The van der Waals surface area contributed by atoms with Gasteiger partial charge in [0, 0.05) is 38.8 Å². The molecule has 2 fully saturated rings. The number of ether oxygens (including phenoxy) is 1. The van der Waals surface area contributed by atoms with E-state index >= 15 is 0 Å². The molecule has 7 heteroatoms. The van der Waals surface area contributed by atoms with E-state index in [1.54, 1.807) is 6.20 Å². The lowest BCUT2D eigenvalue weighted by molar-refractivity contribution is 0.0115. The lowest BCUT2D eigenvalue weighted by Gasteiger charge is -2.40. The second-order valence-corrected chi connectivity index (χ2v) is 8.05. The number of aromatic nitrogens is 1. The Bertz CT molecular complexity index is 737. The van der Waals surface area contributed by atoms with Crippen LogP contribution in [-0.2, 0) is 11.3 Å². The van der Waals surface area contributed by atoms with Crippen LogP contribution in [0.5, 0.6) is 0 Å². The van der Waals surface area contributed by atoms with Crippen LogP contribution in [0, 0.1) is 0 Å². The maximum atomic E-state index is 12.4. The molecule has 0 bridgehead atoms. The van der Waals surface area contributed by atoms with Gasteiger partial charge in [0.2, 0.25) is 0 Å². The summed E-state index contributed by atoms with van der Waals surface area (Å²) in [6.07, 6.45) is 4.00. The van der Waals surface area contributed by atoms with Crippen LogP contribution in [0.15, 0.2) is 36.5 Å². The fraction of sp³-hybridized carbons (Fsp3) is 0.500. The van der Waals surface area contributed by atoms with Gasteiger partial charge in [-0.05, 0) is 18.4 Å². The number of amides is 1. The molecule has 2 aliphatic heterocycles. The van der Waals surface area contributed by atoms with Crippen molar-refractivity contribution in [3.05, 3.63) is 47.0 Å². The maximum Gasteiger partial charge on any atom is 0.263 e. The zero-order valence-corrected chi connectivity index (χ0v) is 16.3. The van der Waals surface area contributed by atoms with Gasteiger partial charge >= 0.3 is 0 Å². The Balaban J connectivity index is 1.28. The van der Waals surface area contributed by atoms with Crippen LogP contribution < -0.4 is 10.2 Å². The van der Waals surface area contributed by atoms with E-state index in [1.165, 1.54) is 11.3 Å². The van der Waals surface area contributed by atoms with E-state index in [0.29, 0.717) is 17.5 Å². The van der Waals surface area contributed by atoms with Gasteiger partial charge in [0.15, 0.2) is 5.13 Å². The molecule has 1 amide bonds. The van der Waals surface area contributed by atoms with Gasteiger partial charge in [0.1, 0.15) is 4.88 Å². The van der Waals surface area contributed by atoms with Gasteiger partial charge in [-0.15, -0.1) is 0 Å². The van der Waals surface area contributed by atoms with Crippen molar-refractivity contribution in [1.29, 1.82) is 0 Å². The standard InChI is InChI=1S/C20H26N4O2S/c25-19(21-14-16-4-2-1-3-5-16)18-15-22-20(27-18)24-8-6-17(7-9-24)23-10-12-26-13-11-23/h1-5,15,17H,6-14H2,(H,21,25). The molecule has 4 rings (SSSR count). The summed E-state index contributed by atoms with van der Waals surface area (Å²) in [5.74, 6) is -0.0502. The molecule has 144 valence electrons. The molecule has 3 heterocycles. The average molecular weight is 387 g/mol. The van der Waals surface area contributed by atoms with Crippen molar-refractivity contribution in [1.82, 2.24) is 15.2 Å². The zero-order valence-electron chi connectivity index (χ0n) is 15.5. The van der Waals surface area contributed by atoms with Crippen LogP contribution in [-0.4, -0.2) is 61.2 Å². The molecule has 0 spiro atoms. The largest absolute Gasteiger partial charge is 0.379 e. The minimum absolute atomic E-state index is 0.0502. The van der Waals surface area contributed by atoms with Gasteiger partial charge in [0.25, 0.3) is 5.91 Å². The number of hydrogen-bond donors (Lipinski definition) is 1. The van der Waals surface area contributed by atoms with Crippen LogP contribution >= 0.6 is 11.3 Å². The number of piperidine rings is 1. The highest BCUT2D eigenvalue weighted by Crippen LogP contribution is 2.27. The lowest BCUT2D eigenvalue weighted by atomic mass is 10.0. The summed E-state index contributed by atoms with van der Waals surface area (Å²) in [4.78, 5) is 22.5. The van der Waals surface area contributed by atoms with Crippen molar-refractivity contribution in [2.45, 2.75) is 25.4 Å². The Morgan fingerprint density at radius 2 is 1.89 bits per heavy atom. The van der Waals surface area contributed by atoms with Gasteiger partial charge in [-0.1, -0.05) is 41.7 Å². The molecule has 2 aliphatic rings. The molecule has 1 N–H and O–H groups in total. The van der Waals surface area contributed by atoms with Crippen LogP contribution in [0.4, 0.5) is 5.13 Å². The average Bonchev–Trinajstić information content (AvgIpc) is 3.24. The Kier molecular flexibility index (Phi) is 6.01. The van der Waals surface area contributed by atoms with Crippen molar-refractivity contribution in [3.8, 4) is 0 Å². The number of nitrogens with one attached hydrogen (secondary N) is 1. The van der Waals surface area contributed by atoms with Crippen LogP contribution in [0.25, 0.3) is 0 Å². The lowest BCUT2D eigenvalue weighted by Crippen LogP contribution is -2.49. The third-order valence-corrected chi connectivity index (χ3v) is 6.37. The van der Waals surface area contributed by atoms with Crippen molar-refractivity contribution >= 4 is 22.4 Å². The summed E-state index contributed by atoms with van der Waals surface area (Å²) in [6, 6.07) is 10.6. The predicted molar refractivity (Wildman–Crippen MR) is 107 cm³/mol. The molecule has 0 radical (unpaired) electrons. The molecular formula is C20H26N4O2S. The summed E-state index contributed by atoms with van der Waals surface area (Å²) in [5, 5.41) is 3.93. The quantitative estimate of drug-likeness (QED) is 0.855. The number of carbonyl (C=O) groups is 1. The molecular weight excluding hydrogens is 360 g/mol. The fourth-order valence-corrected chi connectivity index (χ4v) is 4.63. The first-order valence-electron chi connectivity index (χ1n) is 9.64. The van der Waals surface area contributed by atoms with Gasteiger partial charge in [0.05, 0.1) is 19.4 Å². The number of morpholine rings is 1. The molecule has 2 aromatic rings. The van der Waals surface area contributed by atoms with Crippen LogP contribution in [0.3, 0.4) is 0 Å². The summed E-state index contributed by atoms with van der Waals surface area (Å²) < 4.78 is 5.46. The molecule has 27 heavy (non-hydrogen) atoms. The Morgan fingerprint density at radius 1 is 1.15 bits per heavy atom. The summed E-state index contributed by atoms with van der Waals surface area (Å²) in [5.41, 5.74) is 1.10. The highest BCUT2D eigenvalue weighted by Gasteiger charge is 2.27. The van der Waals surface area contributed by atoms with Crippen molar-refractivity contribution in [2.75, 3.05) is 44.3 Å². The molecule has 0 saturated carbocycles. The fourth-order valence-electron chi connectivity index (χ4n) is 3.75. The highest BCUT2D eigenvalue weighted by atomic mass is 32.1. The number of rotatable bonds is 5. The Hall–Kier alpha value is -1.96. The predicted octanol–water partition coefficient (Wildman–Crippen LogP) is 2.37. The van der Waals surface area contributed by atoms with E-state index in [2.05, 4.69) is 20.1 Å². The summed E-state index contributed by atoms with van der Waals surface area (Å²) in [6.45, 7) is 6.35. The van der Waals surface area contributed by atoms with Crippen molar-refractivity contribution in [2.24, 2.45) is 0 Å². The highest BCUT2D eigenvalue weighted by molar-refractivity contribution is 7.17. The second kappa shape index (κ2) is 8.82. The molecule has 0 unspecified atom stereocenters. The summed E-state index contributed by atoms with van der Waals surface area (Å²) in [7, 11) is 0. The van der Waals surface area contributed by atoms with Crippen LogP contribution in [0.2, 0.25) is 0 Å². The van der Waals surface area contributed by atoms with E-state index < -0.39 is 0 Å². The van der Waals surface area contributed by atoms with E-state index in [0.717, 1.165) is 62.9 Å². The van der Waals surface area contributed by atoms with Gasteiger partial charge in [-0.3, -0.25) is 9.69 Å². The molecule has 0 atom stereocenters. The van der Waals surface area contributed by atoms with Crippen molar-refractivity contribution in [3.63, 3.8) is 0 Å². The minimum Gasteiger partial charge on any atom is -0.379 e. The van der Waals surface area contributed by atoms with E-state index in [9.17, 15) is 4.79 Å². The van der Waals surface area contributed by atoms with Gasteiger partial charge in [-0.2, -0.15) is 0 Å². The topological polar surface area (TPSA) is 57.7 Å². The molecule has 1 aromatic heterocycles. The number of thiazole rings is 1. The first-order chi connectivity index (χ1) is 13.3. The smallest absolute Gasteiger partial charge is 0.263 e. The zero-order chi connectivity index (χ0) is 18.5. The third kappa shape index (κ3) is 4.66. The number of hydrogen-bond acceptors (Lipinski definition) is 6. The Morgan fingerprint density at radius 3 is 2.63 bits per heavy atom. The Labute approximate surface area is 164 Å². The minimum atomic E-state index is -0.0502.